The average molecular weight is 291 g/mol. The molecule has 0 bridgehead atoms. The molecule has 20 heavy (non-hydrogen) atoms. The summed E-state index contributed by atoms with van der Waals surface area (Å²) in [6.07, 6.45) is -2.86. The Balaban J connectivity index is 1.94. The van der Waals surface area contributed by atoms with Crippen LogP contribution < -0.4 is 5.32 Å². The van der Waals surface area contributed by atoms with Crippen LogP contribution in [0.3, 0.4) is 0 Å². The van der Waals surface area contributed by atoms with Crippen molar-refractivity contribution in [1.82, 2.24) is 15.5 Å². The van der Waals surface area contributed by atoms with E-state index in [0.29, 0.717) is 24.6 Å². The maximum Gasteiger partial charge on any atom is 0.391 e. The predicted molar refractivity (Wildman–Crippen MR) is 67.1 cm³/mol. The second-order valence-electron chi connectivity index (χ2n) is 5.35. The maximum atomic E-state index is 12.6. The van der Waals surface area contributed by atoms with Crippen LogP contribution in [0.25, 0.3) is 0 Å². The molecule has 4 nitrogen and oxygen atoms in total. The smallest absolute Gasteiger partial charge is 0.391 e. The van der Waals surface area contributed by atoms with Crippen LogP contribution in [0.4, 0.5) is 13.2 Å². The van der Waals surface area contributed by atoms with Gasteiger partial charge in [0.05, 0.1) is 12.0 Å². The van der Waals surface area contributed by atoms with Gasteiger partial charge in [0.2, 0.25) is 11.8 Å². The van der Waals surface area contributed by atoms with Gasteiger partial charge >= 0.3 is 6.18 Å². The van der Waals surface area contributed by atoms with Gasteiger partial charge in [-0.2, -0.15) is 13.2 Å². The Morgan fingerprint density at radius 1 is 1.25 bits per heavy atom. The highest BCUT2D eigenvalue weighted by Crippen LogP contribution is 2.42. The minimum Gasteiger partial charge on any atom is -0.423 e. The number of nitrogens with zero attached hydrogens (tertiary/aromatic N) is 2. The van der Waals surface area contributed by atoms with Crippen molar-refractivity contribution in [2.24, 2.45) is 5.92 Å². The van der Waals surface area contributed by atoms with Crippen molar-refractivity contribution < 1.29 is 17.6 Å². The summed E-state index contributed by atoms with van der Waals surface area (Å²) in [5.74, 6) is -0.240. The van der Waals surface area contributed by atoms with Crippen LogP contribution in [0.15, 0.2) is 4.42 Å². The third-order valence-electron chi connectivity index (χ3n) is 3.88. The van der Waals surface area contributed by atoms with Gasteiger partial charge < -0.3 is 9.73 Å². The predicted octanol–water partition coefficient (Wildman–Crippen LogP) is 3.58. The topological polar surface area (TPSA) is 51.0 Å². The van der Waals surface area contributed by atoms with Crippen LogP contribution in [0.1, 0.15) is 63.3 Å². The minimum absolute atomic E-state index is 0.0345. The fourth-order valence-electron chi connectivity index (χ4n) is 2.65. The van der Waals surface area contributed by atoms with Crippen molar-refractivity contribution in [2.45, 2.75) is 57.7 Å². The Morgan fingerprint density at radius 2 is 1.90 bits per heavy atom. The molecule has 0 spiro atoms. The molecule has 1 aromatic heterocycles. The van der Waals surface area contributed by atoms with Crippen molar-refractivity contribution in [3.63, 3.8) is 0 Å². The van der Waals surface area contributed by atoms with Gasteiger partial charge in [0, 0.05) is 5.92 Å². The van der Waals surface area contributed by atoms with Crippen LogP contribution in [0.5, 0.6) is 0 Å². The van der Waals surface area contributed by atoms with Gasteiger partial charge in [-0.3, -0.25) is 0 Å². The van der Waals surface area contributed by atoms with E-state index in [1.807, 2.05) is 13.8 Å². The Morgan fingerprint density at radius 3 is 2.45 bits per heavy atom. The number of hydrogen-bond acceptors (Lipinski definition) is 4. The molecule has 114 valence electrons. The van der Waals surface area contributed by atoms with Crippen molar-refractivity contribution >= 4 is 0 Å². The first kappa shape index (κ1) is 15.3. The lowest BCUT2D eigenvalue weighted by molar-refractivity contribution is -0.182. The lowest BCUT2D eigenvalue weighted by Gasteiger charge is -2.27. The van der Waals surface area contributed by atoms with Gasteiger partial charge in [0.1, 0.15) is 0 Å². The third kappa shape index (κ3) is 3.50. The van der Waals surface area contributed by atoms with Crippen LogP contribution in [-0.4, -0.2) is 22.9 Å². The molecule has 2 rings (SSSR count). The minimum atomic E-state index is -4.08. The SMILES string of the molecule is CCNC(C)c1nnc(C2CCC(C(F)(F)F)CC2)o1. The largest absolute Gasteiger partial charge is 0.423 e. The Hall–Kier alpha value is -1.11. The fourth-order valence-corrected chi connectivity index (χ4v) is 2.65. The van der Waals surface area contributed by atoms with Gasteiger partial charge in [0.25, 0.3) is 0 Å². The molecule has 1 aliphatic carbocycles. The van der Waals surface area contributed by atoms with Crippen LogP contribution in [0, 0.1) is 5.92 Å². The molecule has 1 heterocycles. The van der Waals surface area contributed by atoms with E-state index in [-0.39, 0.29) is 24.8 Å². The summed E-state index contributed by atoms with van der Waals surface area (Å²) in [7, 11) is 0. The normalized spacial score (nSPS) is 25.6. The summed E-state index contributed by atoms with van der Waals surface area (Å²) in [6.45, 7) is 4.68. The molecular formula is C13H20F3N3O. The van der Waals surface area contributed by atoms with Crippen LogP contribution in [0.2, 0.25) is 0 Å². The highest BCUT2D eigenvalue weighted by atomic mass is 19.4. The monoisotopic (exact) mass is 291 g/mol. The van der Waals surface area contributed by atoms with Gasteiger partial charge in [-0.15, -0.1) is 10.2 Å². The van der Waals surface area contributed by atoms with E-state index in [0.717, 1.165) is 6.54 Å². The van der Waals surface area contributed by atoms with E-state index in [2.05, 4.69) is 15.5 Å². The zero-order valence-electron chi connectivity index (χ0n) is 11.7. The molecule has 1 atom stereocenters. The zero-order chi connectivity index (χ0) is 14.8. The number of rotatable bonds is 4. The first-order valence-electron chi connectivity index (χ1n) is 7.05. The maximum absolute atomic E-state index is 12.6. The summed E-state index contributed by atoms with van der Waals surface area (Å²) < 4.78 is 43.4. The molecule has 1 N–H and O–H groups in total. The van der Waals surface area contributed by atoms with Crippen molar-refractivity contribution in [1.29, 1.82) is 0 Å². The van der Waals surface area contributed by atoms with Gasteiger partial charge in [0.15, 0.2) is 0 Å². The van der Waals surface area contributed by atoms with Crippen LogP contribution in [-0.2, 0) is 0 Å². The van der Waals surface area contributed by atoms with Crippen LogP contribution >= 0.6 is 0 Å². The lowest BCUT2D eigenvalue weighted by atomic mass is 9.81. The molecule has 0 saturated heterocycles. The van der Waals surface area contributed by atoms with Crippen molar-refractivity contribution in [3.05, 3.63) is 11.8 Å². The standard InChI is InChI=1S/C13H20F3N3O/c1-3-17-8(2)11-18-19-12(20-11)9-4-6-10(7-5-9)13(14,15)16/h8-10,17H,3-7H2,1-2H3. The van der Waals surface area contributed by atoms with E-state index < -0.39 is 12.1 Å². The Bertz CT molecular complexity index is 425. The Kier molecular flexibility index (Phi) is 4.67. The summed E-state index contributed by atoms with van der Waals surface area (Å²) in [5.41, 5.74) is 0. The first-order valence-corrected chi connectivity index (χ1v) is 7.05. The fraction of sp³-hybridized carbons (Fsp3) is 0.846. The summed E-state index contributed by atoms with van der Waals surface area (Å²) in [5, 5.41) is 11.1. The lowest BCUT2D eigenvalue weighted by Crippen LogP contribution is -2.27. The van der Waals surface area contributed by atoms with E-state index in [1.54, 1.807) is 0 Å². The number of aromatic nitrogens is 2. The van der Waals surface area contributed by atoms with Gasteiger partial charge in [-0.05, 0) is 39.2 Å². The van der Waals surface area contributed by atoms with E-state index in [1.165, 1.54) is 0 Å². The second-order valence-corrected chi connectivity index (χ2v) is 5.35. The molecule has 0 radical (unpaired) electrons. The molecule has 0 amide bonds. The highest BCUT2D eigenvalue weighted by molar-refractivity contribution is 4.97. The first-order chi connectivity index (χ1) is 9.41. The Labute approximate surface area is 116 Å². The number of alkyl halides is 3. The molecule has 7 heteroatoms. The molecule has 1 saturated carbocycles. The van der Waals surface area contributed by atoms with Crippen molar-refractivity contribution in [3.8, 4) is 0 Å². The third-order valence-corrected chi connectivity index (χ3v) is 3.88. The van der Waals surface area contributed by atoms with E-state index >= 15 is 0 Å². The highest BCUT2D eigenvalue weighted by Gasteiger charge is 2.42. The quantitative estimate of drug-likeness (QED) is 0.921. The average Bonchev–Trinajstić information content (AvgIpc) is 2.88. The van der Waals surface area contributed by atoms with E-state index in [4.69, 9.17) is 4.42 Å². The molecule has 1 aromatic rings. The second kappa shape index (κ2) is 6.11. The molecular weight excluding hydrogens is 271 g/mol. The number of hydrogen-bond donors (Lipinski definition) is 1. The zero-order valence-corrected chi connectivity index (χ0v) is 11.7. The van der Waals surface area contributed by atoms with E-state index in [9.17, 15) is 13.2 Å². The summed E-state index contributed by atoms with van der Waals surface area (Å²) in [4.78, 5) is 0. The molecule has 1 unspecified atom stereocenters. The molecule has 0 aromatic carbocycles. The number of nitrogens with one attached hydrogen (secondary N) is 1. The summed E-state index contributed by atoms with van der Waals surface area (Å²) >= 11 is 0. The van der Waals surface area contributed by atoms with Gasteiger partial charge in [-0.1, -0.05) is 6.92 Å². The number of halogens is 3. The van der Waals surface area contributed by atoms with Gasteiger partial charge in [-0.25, -0.2) is 0 Å². The molecule has 0 aliphatic heterocycles. The van der Waals surface area contributed by atoms with Crippen molar-refractivity contribution in [2.75, 3.05) is 6.54 Å². The molecule has 1 fully saturated rings. The molecule has 1 aliphatic rings. The summed E-state index contributed by atoms with van der Waals surface area (Å²) in [6, 6.07) is -0.0345.